The van der Waals surface area contributed by atoms with Crippen molar-refractivity contribution >= 4 is 43.0 Å². The van der Waals surface area contributed by atoms with Crippen molar-refractivity contribution in [2.24, 2.45) is 5.14 Å². The average Bonchev–Trinajstić information content (AvgIpc) is 2.85. The van der Waals surface area contributed by atoms with Crippen molar-refractivity contribution < 1.29 is 16.8 Å². The third-order valence-electron chi connectivity index (χ3n) is 2.46. The van der Waals surface area contributed by atoms with Crippen LogP contribution in [-0.4, -0.2) is 16.8 Å². The first-order valence-corrected chi connectivity index (χ1v) is 9.78. The van der Waals surface area contributed by atoms with Crippen LogP contribution in [0.25, 0.3) is 0 Å². The maximum absolute atomic E-state index is 12.1. The predicted molar refractivity (Wildman–Crippen MR) is 81.2 cm³/mol. The fourth-order valence-electron chi connectivity index (χ4n) is 1.49. The quantitative estimate of drug-likeness (QED) is 0.836. The number of rotatable bonds is 5. The van der Waals surface area contributed by atoms with Crippen molar-refractivity contribution in [3.05, 3.63) is 46.3 Å². The number of nitrogens with two attached hydrogens (primary N) is 1. The van der Waals surface area contributed by atoms with Crippen LogP contribution in [0.2, 0.25) is 5.02 Å². The van der Waals surface area contributed by atoms with Crippen molar-refractivity contribution in [2.75, 3.05) is 0 Å². The monoisotopic (exact) mass is 366 g/mol. The second-order valence-electron chi connectivity index (χ2n) is 4.05. The lowest BCUT2D eigenvalue weighted by Crippen LogP contribution is -2.22. The number of thiophene rings is 1. The van der Waals surface area contributed by atoms with E-state index < -0.39 is 20.0 Å². The van der Waals surface area contributed by atoms with Gasteiger partial charge in [-0.2, -0.15) is 0 Å². The molecule has 1 aromatic carbocycles. The van der Waals surface area contributed by atoms with Gasteiger partial charge < -0.3 is 0 Å². The van der Waals surface area contributed by atoms with Gasteiger partial charge in [-0.05, 0) is 30.3 Å². The highest BCUT2D eigenvalue weighted by Gasteiger charge is 2.16. The van der Waals surface area contributed by atoms with Crippen molar-refractivity contribution in [1.29, 1.82) is 0 Å². The minimum atomic E-state index is -3.77. The SMILES string of the molecule is NS(=O)(=O)c1ccc(CNS(=O)(=O)c2cccc(Cl)c2)s1. The molecule has 0 saturated heterocycles. The number of benzene rings is 1. The molecule has 0 aliphatic carbocycles. The molecular weight excluding hydrogens is 356 g/mol. The second kappa shape index (κ2) is 6.03. The van der Waals surface area contributed by atoms with E-state index in [0.29, 0.717) is 9.90 Å². The van der Waals surface area contributed by atoms with E-state index in [-0.39, 0.29) is 15.6 Å². The summed E-state index contributed by atoms with van der Waals surface area (Å²) < 4.78 is 48.7. The number of sulfonamides is 2. The zero-order valence-corrected chi connectivity index (χ0v) is 13.7. The summed E-state index contributed by atoms with van der Waals surface area (Å²) in [7, 11) is -7.49. The minimum Gasteiger partial charge on any atom is -0.224 e. The molecule has 3 N–H and O–H groups in total. The second-order valence-corrected chi connectivity index (χ2v) is 9.21. The lowest BCUT2D eigenvalue weighted by atomic mass is 10.4. The van der Waals surface area contributed by atoms with Gasteiger partial charge in [0.15, 0.2) is 0 Å². The molecule has 2 aromatic rings. The lowest BCUT2D eigenvalue weighted by Gasteiger charge is -2.05. The normalized spacial score (nSPS) is 12.5. The maximum atomic E-state index is 12.1. The fourth-order valence-corrected chi connectivity index (χ4v) is 4.61. The summed E-state index contributed by atoms with van der Waals surface area (Å²) in [4.78, 5) is 0.572. The van der Waals surface area contributed by atoms with Crippen LogP contribution in [0.1, 0.15) is 4.88 Å². The lowest BCUT2D eigenvalue weighted by molar-refractivity contribution is 0.581. The van der Waals surface area contributed by atoms with Gasteiger partial charge in [0.25, 0.3) is 0 Å². The average molecular weight is 367 g/mol. The number of hydrogen-bond acceptors (Lipinski definition) is 5. The zero-order valence-electron chi connectivity index (χ0n) is 10.5. The Bertz CT molecular complexity index is 859. The predicted octanol–water partition coefficient (Wildman–Crippen LogP) is 1.53. The summed E-state index contributed by atoms with van der Waals surface area (Å²) in [6, 6.07) is 8.68. The minimum absolute atomic E-state index is 0.0144. The first-order chi connectivity index (χ1) is 9.68. The molecule has 0 spiro atoms. The van der Waals surface area contributed by atoms with Gasteiger partial charge in [-0.25, -0.2) is 26.7 Å². The van der Waals surface area contributed by atoms with E-state index in [9.17, 15) is 16.8 Å². The van der Waals surface area contributed by atoms with E-state index in [4.69, 9.17) is 16.7 Å². The van der Waals surface area contributed by atoms with Crippen LogP contribution in [0.5, 0.6) is 0 Å². The molecule has 0 amide bonds. The molecule has 114 valence electrons. The Hall–Kier alpha value is -0.970. The Labute approximate surface area is 131 Å². The standard InChI is InChI=1S/C11H11ClN2O4S3/c12-8-2-1-3-10(6-8)21(17,18)14-7-9-4-5-11(19-9)20(13,15)16/h1-6,14H,7H2,(H2,13,15,16). The largest absolute Gasteiger partial charge is 0.247 e. The van der Waals surface area contributed by atoms with E-state index in [2.05, 4.69) is 4.72 Å². The van der Waals surface area contributed by atoms with Gasteiger partial charge in [-0.1, -0.05) is 17.7 Å². The van der Waals surface area contributed by atoms with Gasteiger partial charge in [0.05, 0.1) is 4.90 Å². The number of primary sulfonamides is 1. The highest BCUT2D eigenvalue weighted by Crippen LogP contribution is 2.21. The van der Waals surface area contributed by atoms with Gasteiger partial charge in [-0.15, -0.1) is 11.3 Å². The highest BCUT2D eigenvalue weighted by atomic mass is 35.5. The van der Waals surface area contributed by atoms with E-state index in [1.165, 1.54) is 30.3 Å². The molecule has 0 radical (unpaired) electrons. The molecule has 0 fully saturated rings. The molecule has 0 saturated carbocycles. The summed E-state index contributed by atoms with van der Waals surface area (Å²) in [5.74, 6) is 0. The molecule has 0 aliphatic heterocycles. The van der Waals surface area contributed by atoms with Gasteiger partial charge in [0, 0.05) is 16.4 Å². The van der Waals surface area contributed by atoms with Crippen LogP contribution in [0, 0.1) is 0 Å². The molecule has 21 heavy (non-hydrogen) atoms. The van der Waals surface area contributed by atoms with Crippen LogP contribution in [0.4, 0.5) is 0 Å². The first kappa shape index (κ1) is 16.4. The Balaban J connectivity index is 2.14. The first-order valence-electron chi connectivity index (χ1n) is 5.55. The summed E-state index contributed by atoms with van der Waals surface area (Å²) in [6.07, 6.45) is 0. The third kappa shape index (κ3) is 4.25. The molecule has 0 unspecified atom stereocenters. The summed E-state index contributed by atoms with van der Waals surface area (Å²) in [5, 5.41) is 5.30. The highest BCUT2D eigenvalue weighted by molar-refractivity contribution is 7.91. The molecule has 2 rings (SSSR count). The topological polar surface area (TPSA) is 106 Å². The Morgan fingerprint density at radius 2 is 1.86 bits per heavy atom. The molecule has 1 aromatic heterocycles. The van der Waals surface area contributed by atoms with Crippen molar-refractivity contribution in [3.63, 3.8) is 0 Å². The van der Waals surface area contributed by atoms with Crippen LogP contribution in [0.3, 0.4) is 0 Å². The number of hydrogen-bond donors (Lipinski definition) is 2. The van der Waals surface area contributed by atoms with Gasteiger partial charge >= 0.3 is 0 Å². The van der Waals surface area contributed by atoms with Gasteiger partial charge in [0.2, 0.25) is 20.0 Å². The maximum Gasteiger partial charge on any atom is 0.247 e. The van der Waals surface area contributed by atoms with E-state index in [1.807, 2.05) is 0 Å². The molecule has 1 heterocycles. The zero-order chi connectivity index (χ0) is 15.7. The van der Waals surface area contributed by atoms with Crippen molar-refractivity contribution in [2.45, 2.75) is 15.6 Å². The summed E-state index contributed by atoms with van der Waals surface area (Å²) in [5.41, 5.74) is 0. The molecule has 0 aliphatic rings. The van der Waals surface area contributed by atoms with E-state index >= 15 is 0 Å². The van der Waals surface area contributed by atoms with Gasteiger partial charge in [0.1, 0.15) is 4.21 Å². The summed E-state index contributed by atoms with van der Waals surface area (Å²) in [6.45, 7) is -0.0327. The Kier molecular flexibility index (Phi) is 4.71. The summed E-state index contributed by atoms with van der Waals surface area (Å²) >= 11 is 6.66. The van der Waals surface area contributed by atoms with Crippen LogP contribution < -0.4 is 9.86 Å². The Morgan fingerprint density at radius 1 is 1.14 bits per heavy atom. The van der Waals surface area contributed by atoms with E-state index in [0.717, 1.165) is 11.3 Å². The third-order valence-corrected chi connectivity index (χ3v) is 6.62. The Morgan fingerprint density at radius 3 is 2.43 bits per heavy atom. The van der Waals surface area contributed by atoms with Crippen LogP contribution in [-0.2, 0) is 26.6 Å². The molecular formula is C11H11ClN2O4S3. The number of nitrogens with one attached hydrogen (secondary N) is 1. The smallest absolute Gasteiger partial charge is 0.224 e. The molecule has 0 bridgehead atoms. The molecule has 6 nitrogen and oxygen atoms in total. The van der Waals surface area contributed by atoms with Crippen LogP contribution in [0.15, 0.2) is 45.5 Å². The van der Waals surface area contributed by atoms with Crippen molar-refractivity contribution in [3.8, 4) is 0 Å². The van der Waals surface area contributed by atoms with Crippen LogP contribution >= 0.6 is 22.9 Å². The molecule has 10 heteroatoms. The fraction of sp³-hybridized carbons (Fsp3) is 0.0909. The van der Waals surface area contributed by atoms with Gasteiger partial charge in [-0.3, -0.25) is 0 Å². The number of halogens is 1. The molecule has 0 atom stereocenters. The van der Waals surface area contributed by atoms with E-state index in [1.54, 1.807) is 6.07 Å². The van der Waals surface area contributed by atoms with Crippen molar-refractivity contribution in [1.82, 2.24) is 4.72 Å².